The van der Waals surface area contributed by atoms with Crippen molar-refractivity contribution in [3.8, 4) is 11.5 Å². The minimum atomic E-state index is -5.76. The normalized spacial score (nSPS) is 15.8. The first-order chi connectivity index (χ1) is 13.1. The van der Waals surface area contributed by atoms with Crippen LogP contribution in [0.15, 0.2) is 42.5 Å². The Morgan fingerprint density at radius 2 is 1.50 bits per heavy atom. The summed E-state index contributed by atoms with van der Waals surface area (Å²) in [6.45, 7) is -0.343. The minimum Gasteiger partial charge on any atom is -0.467 e. The molecule has 0 bridgehead atoms. The van der Waals surface area contributed by atoms with Crippen molar-refractivity contribution in [2.75, 3.05) is 13.9 Å². The maximum Gasteiger partial charge on any atom is 0.442 e. The summed E-state index contributed by atoms with van der Waals surface area (Å²) in [4.78, 5) is 0. The maximum absolute atomic E-state index is 14.0. The number of hydrogen-bond donors (Lipinski definition) is 0. The predicted octanol–water partition coefficient (Wildman–Crippen LogP) is 5.69. The largest absolute Gasteiger partial charge is 0.467 e. The highest BCUT2D eigenvalue weighted by Gasteiger charge is 2.77. The lowest BCUT2D eigenvalue weighted by Gasteiger charge is -2.34. The van der Waals surface area contributed by atoms with Crippen molar-refractivity contribution in [2.45, 2.75) is 18.0 Å². The van der Waals surface area contributed by atoms with Crippen molar-refractivity contribution in [2.24, 2.45) is 0 Å². The molecule has 0 unspecified atom stereocenters. The van der Waals surface area contributed by atoms with E-state index in [1.54, 1.807) is 0 Å². The van der Waals surface area contributed by atoms with Crippen LogP contribution in [0, 0.1) is 0 Å². The number of rotatable bonds is 3. The van der Waals surface area contributed by atoms with E-state index in [4.69, 9.17) is 9.47 Å². The summed E-state index contributed by atoms with van der Waals surface area (Å²) >= 11 is 0. The molecule has 3 nitrogen and oxygen atoms in total. The molecule has 0 saturated carbocycles. The molecule has 0 spiro atoms. The number of fused-ring (bicyclic) bond motifs is 2. The van der Waals surface area contributed by atoms with Gasteiger partial charge < -0.3 is 14.2 Å². The van der Waals surface area contributed by atoms with Crippen LogP contribution >= 0.6 is 0 Å². The molecular weight excluding hydrogens is 390 g/mol. The fourth-order valence-corrected chi connectivity index (χ4v) is 3.62. The molecule has 0 aliphatic carbocycles. The van der Waals surface area contributed by atoms with Crippen molar-refractivity contribution < 1.29 is 40.6 Å². The zero-order chi connectivity index (χ0) is 20.3. The van der Waals surface area contributed by atoms with Crippen LogP contribution in [0.5, 0.6) is 11.5 Å². The van der Waals surface area contributed by atoms with Gasteiger partial charge in [-0.15, -0.1) is 0 Å². The Morgan fingerprint density at radius 1 is 0.893 bits per heavy atom. The van der Waals surface area contributed by atoms with Gasteiger partial charge in [-0.05, 0) is 29.0 Å². The molecule has 0 atom stereocenters. The van der Waals surface area contributed by atoms with Gasteiger partial charge in [0.15, 0.2) is 6.79 Å². The average Bonchev–Trinajstić information content (AvgIpc) is 2.98. The summed E-state index contributed by atoms with van der Waals surface area (Å²) in [5, 5.41) is -0.180. The van der Waals surface area contributed by atoms with Gasteiger partial charge in [-0.2, -0.15) is 26.3 Å². The third-order valence-electron chi connectivity index (χ3n) is 4.67. The second kappa shape index (κ2) is 5.91. The smallest absolute Gasteiger partial charge is 0.442 e. The van der Waals surface area contributed by atoms with Gasteiger partial charge in [-0.1, -0.05) is 24.3 Å². The third kappa shape index (κ3) is 2.35. The molecule has 0 fully saturated rings. The van der Waals surface area contributed by atoms with Gasteiger partial charge >= 0.3 is 18.0 Å². The summed E-state index contributed by atoms with van der Waals surface area (Å²) in [5.41, 5.74) is -5.52. The van der Waals surface area contributed by atoms with Gasteiger partial charge in [0.1, 0.15) is 11.5 Å². The number of ether oxygens (including phenoxy) is 3. The van der Waals surface area contributed by atoms with Gasteiger partial charge in [0.2, 0.25) is 0 Å². The molecule has 28 heavy (non-hydrogen) atoms. The standard InChI is InChI=1S/C19H12F6O3/c1-26-9-27-12-6-2-4-10-8-11-5-3-7-13-15(11)16(14(10)12)17(28-13,18(20,21)22)19(23,24)25/h2-8H,9H2,1H3. The van der Waals surface area contributed by atoms with Crippen molar-refractivity contribution in [3.63, 3.8) is 0 Å². The second-order valence-corrected chi connectivity index (χ2v) is 6.29. The van der Waals surface area contributed by atoms with Crippen LogP contribution in [0.1, 0.15) is 5.56 Å². The molecule has 9 heteroatoms. The van der Waals surface area contributed by atoms with Crippen LogP contribution in [0.3, 0.4) is 0 Å². The molecule has 0 saturated heterocycles. The van der Waals surface area contributed by atoms with Gasteiger partial charge in [-0.3, -0.25) is 0 Å². The maximum atomic E-state index is 14.0. The molecule has 3 aromatic rings. The zero-order valence-electron chi connectivity index (χ0n) is 14.2. The molecule has 0 radical (unpaired) electrons. The number of alkyl halides is 6. The van der Waals surface area contributed by atoms with E-state index in [0.29, 0.717) is 0 Å². The molecular formula is C19H12F6O3. The fourth-order valence-electron chi connectivity index (χ4n) is 3.62. The van der Waals surface area contributed by atoms with Crippen LogP contribution in [-0.4, -0.2) is 26.3 Å². The lowest BCUT2D eigenvalue weighted by Crippen LogP contribution is -2.56. The van der Waals surface area contributed by atoms with E-state index in [1.807, 2.05) is 0 Å². The first-order valence-electron chi connectivity index (χ1n) is 8.05. The van der Waals surface area contributed by atoms with Crippen molar-refractivity contribution in [3.05, 3.63) is 48.0 Å². The first-order valence-corrected chi connectivity index (χ1v) is 8.05. The monoisotopic (exact) mass is 402 g/mol. The molecule has 1 aliphatic heterocycles. The molecule has 4 rings (SSSR count). The van der Waals surface area contributed by atoms with Gasteiger partial charge in [-0.25, -0.2) is 0 Å². The predicted molar refractivity (Wildman–Crippen MR) is 88.4 cm³/mol. The van der Waals surface area contributed by atoms with E-state index >= 15 is 0 Å². The van der Waals surface area contributed by atoms with Gasteiger partial charge in [0.25, 0.3) is 0 Å². The van der Waals surface area contributed by atoms with Crippen LogP contribution in [-0.2, 0) is 10.3 Å². The van der Waals surface area contributed by atoms with Crippen LogP contribution in [0.2, 0.25) is 0 Å². The first kappa shape index (κ1) is 18.7. The lowest BCUT2D eigenvalue weighted by molar-refractivity contribution is -0.361. The summed E-state index contributed by atoms with van der Waals surface area (Å²) in [6.07, 6.45) is -11.5. The van der Waals surface area contributed by atoms with E-state index < -0.39 is 29.3 Å². The van der Waals surface area contributed by atoms with E-state index in [-0.39, 0.29) is 34.1 Å². The molecule has 1 heterocycles. The molecule has 148 valence electrons. The van der Waals surface area contributed by atoms with Crippen molar-refractivity contribution in [1.82, 2.24) is 0 Å². The Hall–Kier alpha value is -2.68. The quantitative estimate of drug-likeness (QED) is 0.320. The van der Waals surface area contributed by atoms with Crippen LogP contribution in [0.25, 0.3) is 21.5 Å². The van der Waals surface area contributed by atoms with Crippen molar-refractivity contribution >= 4 is 21.5 Å². The summed E-state index contributed by atoms with van der Waals surface area (Å²) < 4.78 is 98.8. The van der Waals surface area contributed by atoms with E-state index in [2.05, 4.69) is 4.74 Å². The second-order valence-electron chi connectivity index (χ2n) is 6.29. The number of benzene rings is 3. The van der Waals surface area contributed by atoms with E-state index in [9.17, 15) is 26.3 Å². The lowest BCUT2D eigenvalue weighted by atomic mass is 9.85. The van der Waals surface area contributed by atoms with Crippen LogP contribution < -0.4 is 9.47 Å². The number of hydrogen-bond acceptors (Lipinski definition) is 3. The van der Waals surface area contributed by atoms with Gasteiger partial charge in [0.05, 0.1) is 0 Å². The molecule has 1 aliphatic rings. The number of methoxy groups -OCH3 is 1. The third-order valence-corrected chi connectivity index (χ3v) is 4.67. The van der Waals surface area contributed by atoms with E-state index in [1.165, 1.54) is 43.5 Å². The van der Waals surface area contributed by atoms with E-state index in [0.717, 1.165) is 6.07 Å². The average molecular weight is 402 g/mol. The van der Waals surface area contributed by atoms with Crippen LogP contribution in [0.4, 0.5) is 26.3 Å². The highest BCUT2D eigenvalue weighted by molar-refractivity contribution is 6.09. The Labute approximate surface area is 154 Å². The summed E-state index contributed by atoms with van der Waals surface area (Å²) in [5.74, 6) is -0.639. The summed E-state index contributed by atoms with van der Waals surface area (Å²) in [6, 6.07) is 9.58. The Kier molecular flexibility index (Phi) is 3.94. The Bertz CT molecular complexity index is 1060. The molecule has 3 aromatic carbocycles. The highest BCUT2D eigenvalue weighted by Crippen LogP contribution is 2.61. The SMILES string of the molecule is COCOc1cccc2cc3cccc4c3c(c12)C(C(F)(F)F)(C(F)(F)F)O4. The Morgan fingerprint density at radius 3 is 2.11 bits per heavy atom. The molecule has 0 N–H and O–H groups in total. The summed E-state index contributed by atoms with van der Waals surface area (Å²) in [7, 11) is 1.29. The van der Waals surface area contributed by atoms with Crippen molar-refractivity contribution in [1.29, 1.82) is 0 Å². The number of halogens is 6. The topological polar surface area (TPSA) is 27.7 Å². The van der Waals surface area contributed by atoms with Gasteiger partial charge in [0, 0.05) is 23.4 Å². The minimum absolute atomic E-state index is 0.158. The zero-order valence-corrected chi connectivity index (χ0v) is 14.2. The highest BCUT2D eigenvalue weighted by atomic mass is 19.4. The Balaban J connectivity index is 2.22. The molecule has 0 aromatic heterocycles. The molecule has 0 amide bonds. The fraction of sp³-hybridized carbons (Fsp3) is 0.263.